The second-order valence-corrected chi connectivity index (χ2v) is 5.86. The number of aryl methyl sites for hydroxylation is 2. The highest BCUT2D eigenvalue weighted by atomic mass is 79.9. The van der Waals surface area contributed by atoms with Crippen LogP contribution in [0.5, 0.6) is 11.5 Å². The molecular weight excluding hydrogens is 304 g/mol. The summed E-state index contributed by atoms with van der Waals surface area (Å²) >= 11 is 3.34. The fourth-order valence-electron chi connectivity index (χ4n) is 2.26. The van der Waals surface area contributed by atoms with Gasteiger partial charge in [0, 0.05) is 5.33 Å². The molecule has 0 unspecified atom stereocenters. The summed E-state index contributed by atoms with van der Waals surface area (Å²) in [5.74, 6) is 0.626. The lowest BCUT2D eigenvalue weighted by molar-refractivity contribution is 0.448. The molecule has 1 aromatic rings. The number of hydrogen-bond donors (Lipinski definition) is 2. The van der Waals surface area contributed by atoms with Gasteiger partial charge in [0.15, 0.2) is 0 Å². The molecule has 0 aromatic heterocycles. The third kappa shape index (κ3) is 5.85. The van der Waals surface area contributed by atoms with Crippen LogP contribution in [0.15, 0.2) is 12.1 Å². The van der Waals surface area contributed by atoms with Crippen LogP contribution in [0, 0.1) is 0 Å². The number of phenols is 2. The van der Waals surface area contributed by atoms with Gasteiger partial charge in [-0.1, -0.05) is 55.0 Å². The minimum absolute atomic E-state index is 0.304. The molecule has 0 spiro atoms. The standard InChI is InChI=1S/C16H25BrO2/c1-2-3-4-5-6-7-8-13-11-16(19)14(9-10-17)12-15(13)18/h11-12,18-19H,2-10H2,1H3. The van der Waals surface area contributed by atoms with Crippen molar-refractivity contribution in [2.45, 2.75) is 58.3 Å². The maximum Gasteiger partial charge on any atom is 0.119 e. The van der Waals surface area contributed by atoms with E-state index in [2.05, 4.69) is 22.9 Å². The Labute approximate surface area is 125 Å². The molecule has 0 bridgehead atoms. The number of alkyl halides is 1. The SMILES string of the molecule is CCCCCCCCc1cc(O)c(CCBr)cc1O. The molecule has 0 aliphatic carbocycles. The van der Waals surface area contributed by atoms with Crippen molar-refractivity contribution in [3.05, 3.63) is 23.3 Å². The zero-order valence-corrected chi connectivity index (χ0v) is 13.4. The molecule has 0 saturated carbocycles. The van der Waals surface area contributed by atoms with Gasteiger partial charge in [-0.25, -0.2) is 0 Å². The van der Waals surface area contributed by atoms with Crippen molar-refractivity contribution in [2.24, 2.45) is 0 Å². The molecule has 0 amide bonds. The number of benzene rings is 1. The van der Waals surface area contributed by atoms with E-state index >= 15 is 0 Å². The molecule has 3 heteroatoms. The second kappa shape index (κ2) is 9.24. The lowest BCUT2D eigenvalue weighted by atomic mass is 10.0. The maximum absolute atomic E-state index is 9.96. The predicted molar refractivity (Wildman–Crippen MR) is 84.3 cm³/mol. The molecule has 0 aliphatic rings. The highest BCUT2D eigenvalue weighted by molar-refractivity contribution is 9.09. The van der Waals surface area contributed by atoms with Crippen molar-refractivity contribution in [1.82, 2.24) is 0 Å². The molecule has 108 valence electrons. The molecule has 1 rings (SSSR count). The van der Waals surface area contributed by atoms with E-state index in [1.54, 1.807) is 12.1 Å². The third-order valence-corrected chi connectivity index (χ3v) is 3.84. The molecule has 0 aliphatic heterocycles. The predicted octanol–water partition coefficient (Wildman–Crippen LogP) is 4.94. The first-order chi connectivity index (χ1) is 9.19. The average Bonchev–Trinajstić information content (AvgIpc) is 2.39. The van der Waals surface area contributed by atoms with Crippen molar-refractivity contribution in [3.63, 3.8) is 0 Å². The van der Waals surface area contributed by atoms with Gasteiger partial charge in [-0.05, 0) is 42.5 Å². The summed E-state index contributed by atoms with van der Waals surface area (Å²) in [5.41, 5.74) is 1.67. The van der Waals surface area contributed by atoms with Crippen LogP contribution >= 0.6 is 15.9 Å². The molecule has 0 radical (unpaired) electrons. The van der Waals surface area contributed by atoms with Gasteiger partial charge in [0.25, 0.3) is 0 Å². The van der Waals surface area contributed by atoms with Gasteiger partial charge in [0.05, 0.1) is 0 Å². The Balaban J connectivity index is 2.43. The van der Waals surface area contributed by atoms with E-state index in [0.717, 1.165) is 35.7 Å². The highest BCUT2D eigenvalue weighted by Gasteiger charge is 2.08. The van der Waals surface area contributed by atoms with Crippen LogP contribution in [0.25, 0.3) is 0 Å². The lowest BCUT2D eigenvalue weighted by Gasteiger charge is -2.09. The first-order valence-corrected chi connectivity index (χ1v) is 8.40. The minimum Gasteiger partial charge on any atom is -0.508 e. The number of halogens is 1. The summed E-state index contributed by atoms with van der Waals surface area (Å²) in [6, 6.07) is 3.42. The van der Waals surface area contributed by atoms with Gasteiger partial charge in [0.1, 0.15) is 11.5 Å². The Kier molecular flexibility index (Phi) is 7.96. The zero-order chi connectivity index (χ0) is 14.1. The second-order valence-electron chi connectivity index (χ2n) is 5.07. The normalized spacial score (nSPS) is 10.8. The van der Waals surface area contributed by atoms with Crippen molar-refractivity contribution in [2.75, 3.05) is 5.33 Å². The number of phenolic OH excluding ortho intramolecular Hbond substituents is 2. The molecule has 0 atom stereocenters. The Morgan fingerprint density at radius 1 is 0.842 bits per heavy atom. The van der Waals surface area contributed by atoms with Crippen molar-refractivity contribution < 1.29 is 10.2 Å². The maximum atomic E-state index is 9.96. The molecular formula is C16H25BrO2. The van der Waals surface area contributed by atoms with Crippen LogP contribution in [0.3, 0.4) is 0 Å². The summed E-state index contributed by atoms with van der Waals surface area (Å²) in [5, 5.41) is 20.6. The van der Waals surface area contributed by atoms with E-state index in [-0.39, 0.29) is 0 Å². The largest absolute Gasteiger partial charge is 0.508 e. The Bertz CT molecular complexity index is 377. The molecule has 2 nitrogen and oxygen atoms in total. The number of hydrogen-bond acceptors (Lipinski definition) is 2. The van der Waals surface area contributed by atoms with Gasteiger partial charge in [-0.15, -0.1) is 0 Å². The van der Waals surface area contributed by atoms with E-state index in [9.17, 15) is 10.2 Å². The average molecular weight is 329 g/mol. The smallest absolute Gasteiger partial charge is 0.119 e. The molecule has 1 aromatic carbocycles. The van der Waals surface area contributed by atoms with Crippen molar-refractivity contribution in [3.8, 4) is 11.5 Å². The number of rotatable bonds is 9. The number of unbranched alkanes of at least 4 members (excludes halogenated alkanes) is 5. The van der Waals surface area contributed by atoms with Crippen LogP contribution in [-0.4, -0.2) is 15.5 Å². The van der Waals surface area contributed by atoms with Gasteiger partial charge in [-0.3, -0.25) is 0 Å². The Morgan fingerprint density at radius 3 is 1.95 bits per heavy atom. The van der Waals surface area contributed by atoms with E-state index in [1.807, 2.05) is 0 Å². The monoisotopic (exact) mass is 328 g/mol. The third-order valence-electron chi connectivity index (χ3n) is 3.44. The highest BCUT2D eigenvalue weighted by Crippen LogP contribution is 2.29. The fourth-order valence-corrected chi connectivity index (χ4v) is 2.69. The van der Waals surface area contributed by atoms with Crippen LogP contribution in [-0.2, 0) is 12.8 Å². The summed E-state index contributed by atoms with van der Waals surface area (Å²) in [7, 11) is 0. The van der Waals surface area contributed by atoms with Crippen LogP contribution in [0.1, 0.15) is 56.6 Å². The molecule has 0 heterocycles. The zero-order valence-electron chi connectivity index (χ0n) is 11.8. The van der Waals surface area contributed by atoms with E-state index in [1.165, 1.54) is 32.1 Å². The first-order valence-electron chi connectivity index (χ1n) is 7.28. The van der Waals surface area contributed by atoms with Crippen LogP contribution < -0.4 is 0 Å². The van der Waals surface area contributed by atoms with Crippen LogP contribution in [0.2, 0.25) is 0 Å². The summed E-state index contributed by atoms with van der Waals surface area (Å²) in [6.07, 6.45) is 9.01. The molecule has 2 N–H and O–H groups in total. The lowest BCUT2D eigenvalue weighted by Crippen LogP contribution is -1.92. The van der Waals surface area contributed by atoms with E-state index in [4.69, 9.17) is 0 Å². The number of aromatic hydroxyl groups is 2. The quantitative estimate of drug-likeness (QED) is 0.383. The van der Waals surface area contributed by atoms with Crippen LogP contribution in [0.4, 0.5) is 0 Å². The van der Waals surface area contributed by atoms with Crippen molar-refractivity contribution in [1.29, 1.82) is 0 Å². The minimum atomic E-state index is 0.304. The molecule has 19 heavy (non-hydrogen) atoms. The van der Waals surface area contributed by atoms with Gasteiger partial charge < -0.3 is 10.2 Å². The molecule has 0 saturated heterocycles. The van der Waals surface area contributed by atoms with Gasteiger partial charge in [-0.2, -0.15) is 0 Å². The molecule has 0 fully saturated rings. The summed E-state index contributed by atoms with van der Waals surface area (Å²) < 4.78 is 0. The van der Waals surface area contributed by atoms with Crippen molar-refractivity contribution >= 4 is 15.9 Å². The van der Waals surface area contributed by atoms with Gasteiger partial charge >= 0.3 is 0 Å². The Hall–Kier alpha value is -0.700. The van der Waals surface area contributed by atoms with Gasteiger partial charge in [0.2, 0.25) is 0 Å². The van der Waals surface area contributed by atoms with E-state index in [0.29, 0.717) is 11.5 Å². The topological polar surface area (TPSA) is 40.5 Å². The van der Waals surface area contributed by atoms with E-state index < -0.39 is 0 Å². The fraction of sp³-hybridized carbons (Fsp3) is 0.625. The Morgan fingerprint density at radius 2 is 1.37 bits per heavy atom. The summed E-state index contributed by atoms with van der Waals surface area (Å²) in [4.78, 5) is 0. The first kappa shape index (κ1) is 16.4. The summed E-state index contributed by atoms with van der Waals surface area (Å²) in [6.45, 7) is 2.22.